The van der Waals surface area contributed by atoms with Crippen LogP contribution in [0.3, 0.4) is 0 Å². The summed E-state index contributed by atoms with van der Waals surface area (Å²) in [4.78, 5) is 18.7. The summed E-state index contributed by atoms with van der Waals surface area (Å²) in [6, 6.07) is 9.52. The number of carbonyl (C=O) groups excluding carboxylic acids is 1. The smallest absolute Gasteiger partial charge is 0.272 e. The lowest BCUT2D eigenvalue weighted by Gasteiger charge is -2.19. The quantitative estimate of drug-likeness (QED) is 0.644. The van der Waals surface area contributed by atoms with Gasteiger partial charge in [-0.2, -0.15) is 0 Å². The fourth-order valence-corrected chi connectivity index (χ4v) is 2.53. The van der Waals surface area contributed by atoms with Crippen LogP contribution in [0.5, 0.6) is 0 Å². The molecular weight excluding hydrogens is 268 g/mol. The fraction of sp³-hybridized carbons (Fsp3) is 0.333. The number of benzene rings is 1. The van der Waals surface area contributed by atoms with E-state index in [1.54, 1.807) is 4.90 Å². The minimum atomic E-state index is -0.0808. The normalized spacial score (nSPS) is 15.8. The van der Waals surface area contributed by atoms with Gasteiger partial charge in [0.05, 0.1) is 6.61 Å². The van der Waals surface area contributed by atoms with E-state index in [-0.39, 0.29) is 5.91 Å². The van der Waals surface area contributed by atoms with Crippen molar-refractivity contribution in [1.82, 2.24) is 9.88 Å². The molecule has 6 nitrogen and oxygen atoms in total. The van der Waals surface area contributed by atoms with Crippen LogP contribution in [0.2, 0.25) is 0 Å². The summed E-state index contributed by atoms with van der Waals surface area (Å²) in [5, 5.41) is 1.84. The number of nitrogen functional groups attached to an aromatic ring is 1. The third kappa shape index (κ3) is 2.81. The molecule has 1 aliphatic rings. The number of hydrogen-bond acceptors (Lipinski definition) is 5. The number of fused-ring (bicyclic) bond motifs is 1. The minimum absolute atomic E-state index is 0.0808. The van der Waals surface area contributed by atoms with E-state index in [1.807, 2.05) is 30.3 Å². The number of amides is 1. The molecular formula is C15H18N4O2. The lowest BCUT2D eigenvalue weighted by atomic mass is 10.1. The summed E-state index contributed by atoms with van der Waals surface area (Å²) in [7, 11) is 0. The molecule has 3 N–H and O–H groups in total. The van der Waals surface area contributed by atoms with Crippen LogP contribution >= 0.6 is 0 Å². The summed E-state index contributed by atoms with van der Waals surface area (Å²) < 4.78 is 5.38. The topological polar surface area (TPSA) is 80.5 Å². The number of hydrazine groups is 1. The molecule has 1 aromatic carbocycles. The Kier molecular flexibility index (Phi) is 3.98. The summed E-state index contributed by atoms with van der Waals surface area (Å²) in [6.45, 7) is 2.56. The Balaban J connectivity index is 1.97. The highest BCUT2D eigenvalue weighted by molar-refractivity contribution is 6.00. The molecule has 1 saturated heterocycles. The van der Waals surface area contributed by atoms with Crippen LogP contribution in [0.1, 0.15) is 16.9 Å². The van der Waals surface area contributed by atoms with Gasteiger partial charge in [-0.15, -0.1) is 0 Å². The third-order valence-corrected chi connectivity index (χ3v) is 3.61. The van der Waals surface area contributed by atoms with Gasteiger partial charge >= 0.3 is 0 Å². The molecule has 6 heteroatoms. The first-order valence-electron chi connectivity index (χ1n) is 7.03. The first-order valence-corrected chi connectivity index (χ1v) is 7.03. The Morgan fingerprint density at radius 2 is 2.14 bits per heavy atom. The number of anilines is 1. The molecule has 0 atom stereocenters. The molecule has 21 heavy (non-hydrogen) atoms. The lowest BCUT2D eigenvalue weighted by Crippen LogP contribution is -2.34. The van der Waals surface area contributed by atoms with E-state index in [4.69, 9.17) is 10.6 Å². The maximum Gasteiger partial charge on any atom is 0.272 e. The molecule has 0 saturated carbocycles. The van der Waals surface area contributed by atoms with Crippen LogP contribution in [0.15, 0.2) is 30.3 Å². The van der Waals surface area contributed by atoms with E-state index < -0.39 is 0 Å². The van der Waals surface area contributed by atoms with E-state index in [2.05, 4.69) is 10.4 Å². The van der Waals surface area contributed by atoms with Crippen LogP contribution in [0.25, 0.3) is 10.8 Å². The van der Waals surface area contributed by atoms with Gasteiger partial charge in [-0.05, 0) is 17.9 Å². The minimum Gasteiger partial charge on any atom is -0.380 e. The van der Waals surface area contributed by atoms with Gasteiger partial charge in [-0.1, -0.05) is 24.3 Å². The molecule has 1 aromatic heterocycles. The third-order valence-electron chi connectivity index (χ3n) is 3.61. The van der Waals surface area contributed by atoms with Crippen molar-refractivity contribution in [2.24, 2.45) is 5.84 Å². The molecule has 3 rings (SSSR count). The van der Waals surface area contributed by atoms with Crippen molar-refractivity contribution in [1.29, 1.82) is 0 Å². The van der Waals surface area contributed by atoms with E-state index in [9.17, 15) is 4.79 Å². The number of nitrogens with zero attached hydrogens (tertiary/aromatic N) is 2. The van der Waals surface area contributed by atoms with Crippen molar-refractivity contribution in [3.63, 3.8) is 0 Å². The van der Waals surface area contributed by atoms with Gasteiger partial charge < -0.3 is 15.1 Å². The highest BCUT2D eigenvalue weighted by atomic mass is 16.5. The van der Waals surface area contributed by atoms with E-state index in [1.165, 1.54) is 0 Å². The maximum absolute atomic E-state index is 12.6. The zero-order valence-electron chi connectivity index (χ0n) is 11.7. The predicted octanol–water partition coefficient (Wildman–Crippen LogP) is 1.38. The monoisotopic (exact) mass is 286 g/mol. The first-order chi connectivity index (χ1) is 10.3. The van der Waals surface area contributed by atoms with Crippen molar-refractivity contribution < 1.29 is 9.53 Å². The van der Waals surface area contributed by atoms with Gasteiger partial charge in [0, 0.05) is 25.1 Å². The predicted molar refractivity (Wildman–Crippen MR) is 80.9 cm³/mol. The summed E-state index contributed by atoms with van der Waals surface area (Å²) in [5.41, 5.74) is 2.98. The van der Waals surface area contributed by atoms with Crippen molar-refractivity contribution in [3.05, 3.63) is 36.0 Å². The number of hydrogen-bond donors (Lipinski definition) is 2. The second-order valence-corrected chi connectivity index (χ2v) is 4.98. The number of rotatable bonds is 2. The van der Waals surface area contributed by atoms with Gasteiger partial charge in [0.2, 0.25) is 0 Å². The molecule has 1 fully saturated rings. The standard InChI is InChI=1S/C15H18N4O2/c16-18-14-12-5-2-1-4-11(12)10-13(17-14)15(20)19-6-3-8-21-9-7-19/h1-2,4-5,10H,3,6-9,16H2,(H,17,18). The molecule has 0 bridgehead atoms. The zero-order chi connectivity index (χ0) is 14.7. The Labute approximate surface area is 122 Å². The molecule has 2 heterocycles. The van der Waals surface area contributed by atoms with Gasteiger partial charge in [0.1, 0.15) is 11.5 Å². The van der Waals surface area contributed by atoms with Crippen molar-refractivity contribution >= 4 is 22.5 Å². The SMILES string of the molecule is NNc1nc(C(=O)N2CCCOCC2)cc2ccccc12. The molecule has 2 aromatic rings. The van der Waals surface area contributed by atoms with Crippen molar-refractivity contribution in [2.75, 3.05) is 31.7 Å². The second kappa shape index (κ2) is 6.07. The largest absolute Gasteiger partial charge is 0.380 e. The number of ether oxygens (including phenoxy) is 1. The van der Waals surface area contributed by atoms with Crippen LogP contribution in [-0.2, 0) is 4.74 Å². The summed E-state index contributed by atoms with van der Waals surface area (Å²) in [5.74, 6) is 5.97. The highest BCUT2D eigenvalue weighted by Gasteiger charge is 2.20. The van der Waals surface area contributed by atoms with Crippen LogP contribution in [-0.4, -0.2) is 42.1 Å². The Bertz CT molecular complexity index is 651. The molecule has 0 spiro atoms. The Morgan fingerprint density at radius 3 is 3.00 bits per heavy atom. The van der Waals surface area contributed by atoms with E-state index >= 15 is 0 Å². The molecule has 0 aliphatic carbocycles. The number of nitrogens with two attached hydrogens (primary N) is 1. The van der Waals surface area contributed by atoms with Crippen LogP contribution in [0.4, 0.5) is 5.82 Å². The van der Waals surface area contributed by atoms with Crippen molar-refractivity contribution in [3.8, 4) is 0 Å². The Hall–Kier alpha value is -2.18. The fourth-order valence-electron chi connectivity index (χ4n) is 2.53. The van der Waals surface area contributed by atoms with Gasteiger partial charge in [0.25, 0.3) is 5.91 Å². The maximum atomic E-state index is 12.6. The van der Waals surface area contributed by atoms with Gasteiger partial charge in [0.15, 0.2) is 0 Å². The number of pyridine rings is 1. The molecule has 0 radical (unpaired) electrons. The second-order valence-electron chi connectivity index (χ2n) is 4.98. The number of nitrogens with one attached hydrogen (secondary N) is 1. The number of carbonyl (C=O) groups is 1. The van der Waals surface area contributed by atoms with E-state index in [0.29, 0.717) is 37.8 Å². The Morgan fingerprint density at radius 1 is 1.29 bits per heavy atom. The van der Waals surface area contributed by atoms with Crippen LogP contribution < -0.4 is 11.3 Å². The molecule has 1 amide bonds. The molecule has 1 aliphatic heterocycles. The van der Waals surface area contributed by atoms with Crippen molar-refractivity contribution in [2.45, 2.75) is 6.42 Å². The van der Waals surface area contributed by atoms with Gasteiger partial charge in [-0.25, -0.2) is 10.8 Å². The first kappa shape index (κ1) is 13.8. The van der Waals surface area contributed by atoms with E-state index in [0.717, 1.165) is 17.2 Å². The lowest BCUT2D eigenvalue weighted by molar-refractivity contribution is 0.0736. The van der Waals surface area contributed by atoms with Crippen LogP contribution in [0, 0.1) is 0 Å². The van der Waals surface area contributed by atoms with Gasteiger partial charge in [-0.3, -0.25) is 4.79 Å². The average molecular weight is 286 g/mol. The molecule has 110 valence electrons. The summed E-state index contributed by atoms with van der Waals surface area (Å²) >= 11 is 0. The zero-order valence-corrected chi connectivity index (χ0v) is 11.7. The number of aromatic nitrogens is 1. The highest BCUT2D eigenvalue weighted by Crippen LogP contribution is 2.22. The average Bonchev–Trinajstić information content (AvgIpc) is 2.82. The molecule has 0 unspecified atom stereocenters. The summed E-state index contributed by atoms with van der Waals surface area (Å²) in [6.07, 6.45) is 0.849.